The first-order chi connectivity index (χ1) is 30.3. The summed E-state index contributed by atoms with van der Waals surface area (Å²) in [5, 5.41) is 10.8. The van der Waals surface area contributed by atoms with Crippen molar-refractivity contribution in [3.8, 4) is 22.3 Å². The number of hydrogen-bond acceptors (Lipinski definition) is 1. The molecule has 2 nitrogen and oxygen atoms in total. The van der Waals surface area contributed by atoms with Gasteiger partial charge in [0.15, 0.2) is 0 Å². The highest BCUT2D eigenvalue weighted by Gasteiger charge is 2.28. The standard InChI is InChI=1S/C59H46N2/c1-4-20-40(21-5-1)54-49-30-14-15-31-50(49)55(41-22-6-2-7-23-41)58-57(54)60-59(61(58)44-25-8-3-9-26-44)43-37-35-42(36-38-43)53-47-28-12-16-32-51(47)56(52-33-17-13-29-48(52)53)46-34-18-24-39-19-10-11-27-45(39)46/h1-2,4-8,10-12,14-16,19-33,35,37H,3,9,13,17-18,34,36,38H2. The maximum absolute atomic E-state index is 5.80. The molecule has 0 radical (unpaired) electrons. The van der Waals surface area contributed by atoms with Crippen molar-refractivity contribution in [3.63, 3.8) is 0 Å². The Morgan fingerprint density at radius 1 is 0.443 bits per heavy atom. The summed E-state index contributed by atoms with van der Waals surface area (Å²) in [5.41, 5.74) is 15.3. The highest BCUT2D eigenvalue weighted by atomic mass is 15.1. The van der Waals surface area contributed by atoms with E-state index in [0.717, 1.165) is 62.7 Å². The zero-order chi connectivity index (χ0) is 40.3. The van der Waals surface area contributed by atoms with Crippen LogP contribution in [0.15, 0.2) is 164 Å². The van der Waals surface area contributed by atoms with Gasteiger partial charge < -0.3 is 0 Å². The molecular formula is C59H46N2. The summed E-state index contributed by atoms with van der Waals surface area (Å²) >= 11 is 0. The fraction of sp³-hybridized carbons (Fsp3) is 0.136. The quantitative estimate of drug-likeness (QED) is 0.164. The number of imidazole rings is 1. The van der Waals surface area contributed by atoms with Crippen LogP contribution in [-0.4, -0.2) is 9.55 Å². The van der Waals surface area contributed by atoms with Crippen molar-refractivity contribution in [2.75, 3.05) is 0 Å². The Bertz CT molecular complexity index is 3500. The van der Waals surface area contributed by atoms with Gasteiger partial charge in [-0.15, -0.1) is 0 Å². The summed E-state index contributed by atoms with van der Waals surface area (Å²) in [6.45, 7) is 0. The topological polar surface area (TPSA) is 17.8 Å². The number of aromatic nitrogens is 2. The summed E-state index contributed by atoms with van der Waals surface area (Å²) in [5.74, 6) is 1.04. The first kappa shape index (κ1) is 35.9. The first-order valence-corrected chi connectivity index (χ1v) is 22.2. The third-order valence-electron chi connectivity index (χ3n) is 13.4. The predicted molar refractivity (Wildman–Crippen MR) is 259 cm³/mol. The summed E-state index contributed by atoms with van der Waals surface area (Å²) in [4.78, 5) is 5.80. The Hall–Kier alpha value is -7.03. The van der Waals surface area contributed by atoms with Gasteiger partial charge in [0, 0.05) is 16.8 Å². The van der Waals surface area contributed by atoms with Crippen molar-refractivity contribution in [1.29, 1.82) is 0 Å². The molecule has 4 aliphatic rings. The van der Waals surface area contributed by atoms with Crippen LogP contribution < -0.4 is 20.9 Å². The van der Waals surface area contributed by atoms with Gasteiger partial charge in [-0.2, -0.15) is 0 Å². The van der Waals surface area contributed by atoms with Gasteiger partial charge in [0.05, 0.1) is 11.0 Å². The molecule has 1 heterocycles. The smallest absolute Gasteiger partial charge is 0.141 e. The van der Waals surface area contributed by atoms with E-state index < -0.39 is 0 Å². The van der Waals surface area contributed by atoms with E-state index in [1.54, 1.807) is 0 Å². The van der Waals surface area contributed by atoms with Gasteiger partial charge in [0.1, 0.15) is 5.82 Å². The monoisotopic (exact) mass is 782 g/mol. The van der Waals surface area contributed by atoms with Gasteiger partial charge in [0.2, 0.25) is 0 Å². The molecule has 292 valence electrons. The van der Waals surface area contributed by atoms with Crippen molar-refractivity contribution >= 4 is 73.2 Å². The molecule has 2 heteroatoms. The molecule has 0 fully saturated rings. The highest BCUT2D eigenvalue weighted by molar-refractivity contribution is 6.20. The summed E-state index contributed by atoms with van der Waals surface area (Å²) < 4.78 is 2.50. The van der Waals surface area contributed by atoms with Gasteiger partial charge in [-0.25, -0.2) is 4.98 Å². The zero-order valence-electron chi connectivity index (χ0n) is 34.4. The van der Waals surface area contributed by atoms with Crippen molar-refractivity contribution in [1.82, 2.24) is 9.55 Å². The van der Waals surface area contributed by atoms with E-state index in [0.29, 0.717) is 0 Å². The average molecular weight is 783 g/mol. The molecule has 8 aromatic rings. The van der Waals surface area contributed by atoms with Crippen molar-refractivity contribution < 1.29 is 0 Å². The Morgan fingerprint density at radius 3 is 1.70 bits per heavy atom. The third kappa shape index (κ3) is 5.88. The number of benzene rings is 7. The Balaban J connectivity index is 1.12. The zero-order valence-corrected chi connectivity index (χ0v) is 34.4. The molecular weight excluding hydrogens is 737 g/mol. The van der Waals surface area contributed by atoms with Crippen LogP contribution in [-0.2, 0) is 0 Å². The lowest BCUT2D eigenvalue weighted by atomic mass is 9.81. The van der Waals surface area contributed by atoms with Crippen molar-refractivity contribution in [2.24, 2.45) is 0 Å². The Morgan fingerprint density at radius 2 is 1.02 bits per heavy atom. The number of fused-ring (bicyclic) bond motifs is 5. The second-order valence-electron chi connectivity index (χ2n) is 16.9. The summed E-state index contributed by atoms with van der Waals surface area (Å²) in [7, 11) is 0. The molecule has 0 atom stereocenters. The molecule has 0 spiro atoms. The van der Waals surface area contributed by atoms with Crippen LogP contribution in [0.25, 0.3) is 95.5 Å². The lowest BCUT2D eigenvalue weighted by Gasteiger charge is -2.23. The van der Waals surface area contributed by atoms with Crippen molar-refractivity contribution in [3.05, 3.63) is 202 Å². The van der Waals surface area contributed by atoms with Gasteiger partial charge in [0.25, 0.3) is 0 Å². The first-order valence-electron chi connectivity index (χ1n) is 22.2. The van der Waals surface area contributed by atoms with E-state index >= 15 is 0 Å². The van der Waals surface area contributed by atoms with Crippen LogP contribution in [0.3, 0.4) is 0 Å². The number of rotatable bonds is 6. The van der Waals surface area contributed by atoms with Crippen LogP contribution in [0.1, 0.15) is 68.3 Å². The normalized spacial score (nSPS) is 15.9. The maximum Gasteiger partial charge on any atom is 0.141 e. The van der Waals surface area contributed by atoms with Crippen LogP contribution in [0.5, 0.6) is 0 Å². The van der Waals surface area contributed by atoms with E-state index in [9.17, 15) is 0 Å². The largest absolute Gasteiger partial charge is 0.292 e. The Kier molecular flexibility index (Phi) is 8.77. The molecule has 0 N–H and O–H groups in total. The van der Waals surface area contributed by atoms with E-state index in [1.807, 2.05) is 0 Å². The van der Waals surface area contributed by atoms with Gasteiger partial charge in [-0.1, -0.05) is 176 Å². The van der Waals surface area contributed by atoms with Crippen LogP contribution in [0.4, 0.5) is 0 Å². The molecule has 0 amide bonds. The number of nitrogens with zero attached hydrogens (tertiary/aromatic N) is 2. The molecule has 0 bridgehead atoms. The maximum atomic E-state index is 5.80. The fourth-order valence-corrected chi connectivity index (χ4v) is 10.8. The van der Waals surface area contributed by atoms with Crippen molar-refractivity contribution in [2.45, 2.75) is 51.4 Å². The molecule has 0 saturated heterocycles. The SMILES string of the molecule is C1=CC(n2c(C3=CC=C(c4c5c(c(C6=c7ccccc7=CCC6)c6ccccc46)=CCCC=5)CC3)nc3c(-c4ccccc4)c4ccccc4c(-c4ccccc4)c32)=CCC1. The lowest BCUT2D eigenvalue weighted by molar-refractivity contribution is 0.975. The van der Waals surface area contributed by atoms with Gasteiger partial charge in [-0.3, -0.25) is 4.57 Å². The van der Waals surface area contributed by atoms with Crippen LogP contribution in [0, 0.1) is 0 Å². The summed E-state index contributed by atoms with van der Waals surface area (Å²) in [6.07, 6.45) is 27.6. The molecule has 1 aromatic heterocycles. The minimum atomic E-state index is 0.905. The highest BCUT2D eigenvalue weighted by Crippen LogP contribution is 2.46. The van der Waals surface area contributed by atoms with E-state index in [4.69, 9.17) is 4.98 Å². The van der Waals surface area contributed by atoms with Gasteiger partial charge in [-0.05, 0) is 139 Å². The second-order valence-corrected chi connectivity index (χ2v) is 16.9. The molecule has 7 aromatic carbocycles. The average Bonchev–Trinajstić information content (AvgIpc) is 3.73. The Labute approximate surface area is 356 Å². The van der Waals surface area contributed by atoms with E-state index in [2.05, 4.69) is 187 Å². The minimum Gasteiger partial charge on any atom is -0.292 e. The molecule has 0 aliphatic heterocycles. The number of allylic oxidation sites excluding steroid dienone is 8. The fourth-order valence-electron chi connectivity index (χ4n) is 10.8. The molecule has 61 heavy (non-hydrogen) atoms. The van der Waals surface area contributed by atoms with Crippen LogP contribution in [0.2, 0.25) is 0 Å². The van der Waals surface area contributed by atoms with E-state index in [1.165, 1.54) is 104 Å². The predicted octanol–water partition coefficient (Wildman–Crippen LogP) is 12.3. The molecule has 0 saturated carbocycles. The number of hydrogen-bond donors (Lipinski definition) is 0. The molecule has 4 aliphatic carbocycles. The minimum absolute atomic E-state index is 0.905. The van der Waals surface area contributed by atoms with E-state index in [-0.39, 0.29) is 0 Å². The lowest BCUT2D eigenvalue weighted by Crippen LogP contribution is -2.37. The van der Waals surface area contributed by atoms with Crippen LogP contribution >= 0.6 is 0 Å². The molecule has 12 rings (SSSR count). The third-order valence-corrected chi connectivity index (χ3v) is 13.4. The van der Waals surface area contributed by atoms with Gasteiger partial charge >= 0.3 is 0 Å². The summed E-state index contributed by atoms with van der Waals surface area (Å²) in [6, 6.07) is 49.0. The molecule has 0 unspecified atom stereocenters. The second kappa shape index (κ2) is 14.9.